The lowest BCUT2D eigenvalue weighted by atomic mass is 10.1. The van der Waals surface area contributed by atoms with Crippen molar-refractivity contribution in [1.29, 1.82) is 0 Å². The zero-order chi connectivity index (χ0) is 13.4. The minimum atomic E-state index is 0.563. The van der Waals surface area contributed by atoms with Crippen molar-refractivity contribution in [3.8, 4) is 6.01 Å². The van der Waals surface area contributed by atoms with E-state index in [-0.39, 0.29) is 0 Å². The molecule has 1 aliphatic carbocycles. The van der Waals surface area contributed by atoms with Gasteiger partial charge in [-0.2, -0.15) is 14.8 Å². The van der Waals surface area contributed by atoms with E-state index in [1.807, 2.05) is 6.92 Å². The minimum absolute atomic E-state index is 0.563. The molecule has 19 heavy (non-hydrogen) atoms. The van der Waals surface area contributed by atoms with Crippen molar-refractivity contribution in [1.82, 2.24) is 20.1 Å². The lowest BCUT2D eigenvalue weighted by molar-refractivity contribution is 0.504. The quantitative estimate of drug-likeness (QED) is 0.896. The third-order valence-corrected chi connectivity index (χ3v) is 3.66. The number of aryl methyl sites for hydroxylation is 1. The highest BCUT2D eigenvalue weighted by Crippen LogP contribution is 2.20. The maximum Gasteiger partial charge on any atom is 0.323 e. The second-order valence-corrected chi connectivity index (χ2v) is 5.19. The fourth-order valence-electron chi connectivity index (χ4n) is 2.38. The summed E-state index contributed by atoms with van der Waals surface area (Å²) in [7, 11) is 0. The lowest BCUT2D eigenvalue weighted by Gasteiger charge is -1.99. The van der Waals surface area contributed by atoms with E-state index >= 15 is 0 Å². The Labute approximate surface area is 113 Å². The molecule has 0 radical (unpaired) electrons. The maximum atomic E-state index is 5.55. The van der Waals surface area contributed by atoms with Gasteiger partial charge in [0.2, 0.25) is 0 Å². The molecule has 2 aromatic heterocycles. The number of hydrogen-bond donors (Lipinski definition) is 1. The molecule has 1 aliphatic rings. The molecule has 0 unspecified atom stereocenters. The molecule has 0 aromatic carbocycles. The van der Waals surface area contributed by atoms with Crippen LogP contribution in [0.3, 0.4) is 0 Å². The average molecular weight is 260 g/mol. The maximum absolute atomic E-state index is 5.55. The van der Waals surface area contributed by atoms with E-state index in [4.69, 9.17) is 4.42 Å². The first-order valence-corrected chi connectivity index (χ1v) is 6.92. The molecule has 0 spiro atoms. The molecule has 5 nitrogen and oxygen atoms in total. The van der Waals surface area contributed by atoms with Gasteiger partial charge in [-0.3, -0.25) is 0 Å². The Bertz CT molecular complexity index is 580. The van der Waals surface area contributed by atoms with E-state index < -0.39 is 0 Å². The van der Waals surface area contributed by atoms with Gasteiger partial charge in [-0.1, -0.05) is 6.92 Å². The molecular weight excluding hydrogens is 240 g/mol. The number of oxazole rings is 1. The number of nitrogens with zero attached hydrogens (tertiary/aromatic N) is 3. The van der Waals surface area contributed by atoms with Crippen LogP contribution >= 0.6 is 0 Å². The van der Waals surface area contributed by atoms with Crippen molar-refractivity contribution in [2.24, 2.45) is 0 Å². The van der Waals surface area contributed by atoms with Gasteiger partial charge in [0.25, 0.3) is 0 Å². The van der Waals surface area contributed by atoms with Gasteiger partial charge >= 0.3 is 6.01 Å². The molecule has 3 rings (SSSR count). The molecule has 1 fully saturated rings. The number of hydrogen-bond acceptors (Lipinski definition) is 4. The second-order valence-electron chi connectivity index (χ2n) is 5.19. The summed E-state index contributed by atoms with van der Waals surface area (Å²) in [5, 5.41) is 7.94. The van der Waals surface area contributed by atoms with E-state index in [2.05, 4.69) is 29.2 Å². The third-order valence-electron chi connectivity index (χ3n) is 3.66. The van der Waals surface area contributed by atoms with Crippen LogP contribution in [-0.4, -0.2) is 20.8 Å². The van der Waals surface area contributed by atoms with Gasteiger partial charge in [-0.15, -0.1) is 0 Å². The Morgan fingerprint density at radius 2 is 2.21 bits per heavy atom. The molecule has 2 aromatic rings. The molecule has 0 bridgehead atoms. The van der Waals surface area contributed by atoms with Gasteiger partial charge < -0.3 is 9.73 Å². The zero-order valence-corrected chi connectivity index (χ0v) is 11.7. The molecule has 0 amide bonds. The predicted molar refractivity (Wildman–Crippen MR) is 72.3 cm³/mol. The van der Waals surface area contributed by atoms with Gasteiger partial charge in [0.1, 0.15) is 6.26 Å². The normalized spacial score (nSPS) is 15.1. The van der Waals surface area contributed by atoms with E-state index in [0.29, 0.717) is 12.1 Å². The van der Waals surface area contributed by atoms with Gasteiger partial charge in [0, 0.05) is 18.3 Å². The fraction of sp³-hybridized carbons (Fsp3) is 0.571. The highest BCUT2D eigenvalue weighted by atomic mass is 16.4. The summed E-state index contributed by atoms with van der Waals surface area (Å²) in [6, 6.07) is 1.24. The molecule has 5 heteroatoms. The number of rotatable bonds is 5. The van der Waals surface area contributed by atoms with Gasteiger partial charge in [-0.25, -0.2) is 0 Å². The first-order valence-electron chi connectivity index (χ1n) is 6.92. The van der Waals surface area contributed by atoms with Crippen LogP contribution in [-0.2, 0) is 13.0 Å². The number of aromatic nitrogens is 3. The summed E-state index contributed by atoms with van der Waals surface area (Å²) in [5.41, 5.74) is 4.38. The second kappa shape index (κ2) is 4.81. The summed E-state index contributed by atoms with van der Waals surface area (Å²) in [6.45, 7) is 7.00. The lowest BCUT2D eigenvalue weighted by Crippen LogP contribution is -2.15. The Balaban J connectivity index is 1.81. The van der Waals surface area contributed by atoms with Crippen molar-refractivity contribution < 1.29 is 4.42 Å². The highest BCUT2D eigenvalue weighted by molar-refractivity contribution is 5.28. The molecular formula is C14H20N4O. The Morgan fingerprint density at radius 3 is 2.84 bits per heavy atom. The third kappa shape index (κ3) is 2.42. The van der Waals surface area contributed by atoms with Crippen molar-refractivity contribution in [3.63, 3.8) is 0 Å². The first-order chi connectivity index (χ1) is 9.19. The molecule has 0 saturated heterocycles. The van der Waals surface area contributed by atoms with Crippen molar-refractivity contribution >= 4 is 0 Å². The van der Waals surface area contributed by atoms with E-state index in [1.54, 1.807) is 10.9 Å². The Kier molecular flexibility index (Phi) is 3.14. The highest BCUT2D eigenvalue weighted by Gasteiger charge is 2.21. The largest absolute Gasteiger partial charge is 0.430 e. The Hall–Kier alpha value is -1.62. The smallest absolute Gasteiger partial charge is 0.323 e. The van der Waals surface area contributed by atoms with Crippen molar-refractivity contribution in [2.75, 3.05) is 0 Å². The summed E-state index contributed by atoms with van der Waals surface area (Å²) in [6.07, 6.45) is 5.26. The van der Waals surface area contributed by atoms with Gasteiger partial charge in [0.05, 0.1) is 11.4 Å². The van der Waals surface area contributed by atoms with E-state index in [0.717, 1.165) is 30.0 Å². The zero-order valence-electron chi connectivity index (χ0n) is 11.7. The average Bonchev–Trinajstić information content (AvgIpc) is 3.03. The molecule has 1 N–H and O–H groups in total. The van der Waals surface area contributed by atoms with Crippen LogP contribution in [0, 0.1) is 13.8 Å². The summed E-state index contributed by atoms with van der Waals surface area (Å²) in [5.74, 6) is 0. The van der Waals surface area contributed by atoms with E-state index in [9.17, 15) is 0 Å². The summed E-state index contributed by atoms with van der Waals surface area (Å²) >= 11 is 0. The van der Waals surface area contributed by atoms with E-state index in [1.165, 1.54) is 18.4 Å². The van der Waals surface area contributed by atoms with Crippen molar-refractivity contribution in [2.45, 2.75) is 52.6 Å². The first kappa shape index (κ1) is 12.4. The topological polar surface area (TPSA) is 55.9 Å². The van der Waals surface area contributed by atoms with Crippen LogP contribution in [0.4, 0.5) is 0 Å². The monoisotopic (exact) mass is 260 g/mol. The van der Waals surface area contributed by atoms with Crippen LogP contribution < -0.4 is 5.32 Å². The van der Waals surface area contributed by atoms with Crippen molar-refractivity contribution in [3.05, 3.63) is 28.9 Å². The standard InChI is InChI=1S/C14H20N4O/c1-4-13-9(2)17-18(10(13)3)14-16-12(8-19-14)7-15-11-5-6-11/h8,11,15H,4-7H2,1-3H3. The Morgan fingerprint density at radius 1 is 1.42 bits per heavy atom. The van der Waals surface area contributed by atoms with Crippen LogP contribution in [0.2, 0.25) is 0 Å². The van der Waals surface area contributed by atoms with Crippen LogP contribution in [0.1, 0.15) is 42.4 Å². The minimum Gasteiger partial charge on any atom is -0.430 e. The molecule has 102 valence electrons. The molecule has 0 atom stereocenters. The van der Waals surface area contributed by atoms with Gasteiger partial charge in [-0.05, 0) is 38.7 Å². The SMILES string of the molecule is CCc1c(C)nn(-c2nc(CNC3CC3)co2)c1C. The fourth-order valence-corrected chi connectivity index (χ4v) is 2.38. The van der Waals surface area contributed by atoms with Crippen LogP contribution in [0.15, 0.2) is 10.7 Å². The molecule has 1 saturated carbocycles. The summed E-state index contributed by atoms with van der Waals surface area (Å²) < 4.78 is 7.35. The van der Waals surface area contributed by atoms with Crippen LogP contribution in [0.25, 0.3) is 6.01 Å². The molecule has 2 heterocycles. The van der Waals surface area contributed by atoms with Crippen LogP contribution in [0.5, 0.6) is 0 Å². The molecule has 0 aliphatic heterocycles. The number of nitrogens with one attached hydrogen (secondary N) is 1. The summed E-state index contributed by atoms with van der Waals surface area (Å²) in [4.78, 5) is 4.50. The van der Waals surface area contributed by atoms with Gasteiger partial charge in [0.15, 0.2) is 0 Å². The predicted octanol–water partition coefficient (Wildman–Crippen LogP) is 2.29.